The summed E-state index contributed by atoms with van der Waals surface area (Å²) in [5.74, 6) is -0.135. The molecule has 0 aliphatic rings. The average Bonchev–Trinajstić information content (AvgIpc) is 2.50. The molecule has 5 heteroatoms. The number of nitrogens with one attached hydrogen (secondary N) is 2. The predicted octanol–water partition coefficient (Wildman–Crippen LogP) is 4.43. The van der Waals surface area contributed by atoms with Crippen LogP contribution in [0.4, 0.5) is 11.4 Å². The minimum atomic E-state index is -0.135. The highest BCUT2D eigenvalue weighted by Gasteiger charge is 2.08. The third-order valence-corrected chi connectivity index (χ3v) is 3.77. The van der Waals surface area contributed by atoms with E-state index in [2.05, 4.69) is 38.5 Å². The summed E-state index contributed by atoms with van der Waals surface area (Å²) >= 11 is 3.45. The molecule has 0 radical (unpaired) electrons. The molecule has 2 rings (SSSR count). The third-order valence-electron chi connectivity index (χ3n) is 3.28. The molecule has 1 aromatic heterocycles. The van der Waals surface area contributed by atoms with E-state index in [0.29, 0.717) is 12.2 Å². The second-order valence-electron chi connectivity index (χ2n) is 5.12. The number of nitrogens with zero attached hydrogens (tertiary/aromatic N) is 1. The Hall–Kier alpha value is -1.88. The summed E-state index contributed by atoms with van der Waals surface area (Å²) in [7, 11) is 0. The van der Waals surface area contributed by atoms with Crippen LogP contribution in [-0.2, 0) is 0 Å². The molecule has 116 valence electrons. The van der Waals surface area contributed by atoms with Gasteiger partial charge in [0.2, 0.25) is 0 Å². The van der Waals surface area contributed by atoms with Crippen LogP contribution in [0.25, 0.3) is 0 Å². The fourth-order valence-electron chi connectivity index (χ4n) is 2.02. The van der Waals surface area contributed by atoms with Gasteiger partial charge in [-0.25, -0.2) is 0 Å². The summed E-state index contributed by atoms with van der Waals surface area (Å²) in [5.41, 5.74) is 3.41. The summed E-state index contributed by atoms with van der Waals surface area (Å²) in [6.07, 6.45) is 3.67. The van der Waals surface area contributed by atoms with Gasteiger partial charge >= 0.3 is 0 Å². The molecule has 0 saturated carbocycles. The number of hydrogen-bond donors (Lipinski definition) is 2. The van der Waals surface area contributed by atoms with Crippen LogP contribution in [-0.4, -0.2) is 17.4 Å². The van der Waals surface area contributed by atoms with Crippen molar-refractivity contribution in [3.63, 3.8) is 0 Å². The van der Waals surface area contributed by atoms with Crippen LogP contribution in [0.2, 0.25) is 0 Å². The van der Waals surface area contributed by atoms with Gasteiger partial charge in [-0.05, 0) is 49.2 Å². The molecule has 0 spiro atoms. The fraction of sp³-hybridized carbons (Fsp3) is 0.294. The molecule has 0 aliphatic carbocycles. The Morgan fingerprint density at radius 3 is 2.82 bits per heavy atom. The highest BCUT2D eigenvalue weighted by Crippen LogP contribution is 2.23. The van der Waals surface area contributed by atoms with E-state index in [4.69, 9.17) is 0 Å². The fourth-order valence-corrected chi connectivity index (χ4v) is 2.50. The SMILES string of the molecule is CCCCNC(=O)c1cc(Nc2ccc(Br)cc2C)ccn1. The normalized spacial score (nSPS) is 10.3. The van der Waals surface area contributed by atoms with E-state index in [1.165, 1.54) is 0 Å². The van der Waals surface area contributed by atoms with Gasteiger partial charge in [0, 0.05) is 28.6 Å². The van der Waals surface area contributed by atoms with Gasteiger partial charge < -0.3 is 10.6 Å². The molecule has 0 bridgehead atoms. The first kappa shape index (κ1) is 16.5. The zero-order chi connectivity index (χ0) is 15.9. The Morgan fingerprint density at radius 2 is 2.09 bits per heavy atom. The summed E-state index contributed by atoms with van der Waals surface area (Å²) in [4.78, 5) is 16.2. The monoisotopic (exact) mass is 361 g/mol. The Kier molecular flexibility index (Phi) is 5.95. The summed E-state index contributed by atoms with van der Waals surface area (Å²) in [6, 6.07) is 9.64. The van der Waals surface area contributed by atoms with Crippen LogP contribution in [0.15, 0.2) is 41.0 Å². The van der Waals surface area contributed by atoms with Crippen LogP contribution >= 0.6 is 15.9 Å². The third kappa shape index (κ3) is 4.56. The zero-order valence-corrected chi connectivity index (χ0v) is 14.4. The van der Waals surface area contributed by atoms with Crippen LogP contribution < -0.4 is 10.6 Å². The van der Waals surface area contributed by atoms with Crippen molar-refractivity contribution in [3.8, 4) is 0 Å². The van der Waals surface area contributed by atoms with Gasteiger partial charge in [0.15, 0.2) is 0 Å². The molecule has 0 fully saturated rings. The van der Waals surface area contributed by atoms with Crippen molar-refractivity contribution in [2.75, 3.05) is 11.9 Å². The maximum atomic E-state index is 12.0. The van der Waals surface area contributed by atoms with E-state index in [1.807, 2.05) is 31.2 Å². The van der Waals surface area contributed by atoms with E-state index < -0.39 is 0 Å². The van der Waals surface area contributed by atoms with Crippen LogP contribution in [0.3, 0.4) is 0 Å². The van der Waals surface area contributed by atoms with Crippen molar-refractivity contribution in [3.05, 3.63) is 52.3 Å². The lowest BCUT2D eigenvalue weighted by molar-refractivity contribution is 0.0948. The van der Waals surface area contributed by atoms with Gasteiger partial charge in [-0.3, -0.25) is 9.78 Å². The second-order valence-corrected chi connectivity index (χ2v) is 6.04. The predicted molar refractivity (Wildman–Crippen MR) is 93.6 cm³/mol. The highest BCUT2D eigenvalue weighted by molar-refractivity contribution is 9.10. The number of benzene rings is 1. The van der Waals surface area contributed by atoms with Gasteiger partial charge in [-0.2, -0.15) is 0 Å². The lowest BCUT2D eigenvalue weighted by Crippen LogP contribution is -2.25. The molecule has 0 unspecified atom stereocenters. The number of unbranched alkanes of at least 4 members (excludes halogenated alkanes) is 1. The van der Waals surface area contributed by atoms with E-state index in [9.17, 15) is 4.79 Å². The lowest BCUT2D eigenvalue weighted by Gasteiger charge is -2.11. The number of aromatic nitrogens is 1. The molecule has 1 aromatic carbocycles. The summed E-state index contributed by atoms with van der Waals surface area (Å²) in [6.45, 7) is 4.81. The van der Waals surface area contributed by atoms with Gasteiger partial charge in [0.05, 0.1) is 0 Å². The molecule has 2 N–H and O–H groups in total. The van der Waals surface area contributed by atoms with Gasteiger partial charge in [0.25, 0.3) is 5.91 Å². The molecule has 22 heavy (non-hydrogen) atoms. The number of amides is 1. The quantitative estimate of drug-likeness (QED) is 0.748. The molecular weight excluding hydrogens is 342 g/mol. The Bertz CT molecular complexity index is 658. The number of carbonyl (C=O) groups excluding carboxylic acids is 1. The minimum absolute atomic E-state index is 0.135. The topological polar surface area (TPSA) is 54.0 Å². The Morgan fingerprint density at radius 1 is 1.27 bits per heavy atom. The van der Waals surface area contributed by atoms with Crippen molar-refractivity contribution in [2.45, 2.75) is 26.7 Å². The molecule has 0 saturated heterocycles. The molecule has 0 aliphatic heterocycles. The maximum Gasteiger partial charge on any atom is 0.269 e. The smallest absolute Gasteiger partial charge is 0.269 e. The molecule has 1 heterocycles. The van der Waals surface area contributed by atoms with Crippen molar-refractivity contribution < 1.29 is 4.79 Å². The van der Waals surface area contributed by atoms with Gasteiger partial charge in [-0.15, -0.1) is 0 Å². The molecule has 2 aromatic rings. The van der Waals surface area contributed by atoms with Crippen LogP contribution in [0.1, 0.15) is 35.8 Å². The molecule has 1 amide bonds. The Balaban J connectivity index is 2.09. The van der Waals surface area contributed by atoms with E-state index in [0.717, 1.165) is 34.3 Å². The lowest BCUT2D eigenvalue weighted by atomic mass is 10.2. The van der Waals surface area contributed by atoms with Crippen LogP contribution in [0, 0.1) is 6.92 Å². The first-order valence-corrected chi connectivity index (χ1v) is 8.17. The average molecular weight is 362 g/mol. The molecule has 0 atom stereocenters. The number of rotatable bonds is 6. The second kappa shape index (κ2) is 7.94. The first-order valence-electron chi connectivity index (χ1n) is 7.37. The number of hydrogen-bond acceptors (Lipinski definition) is 3. The number of anilines is 2. The molecular formula is C17H20BrN3O. The minimum Gasteiger partial charge on any atom is -0.355 e. The highest BCUT2D eigenvalue weighted by atomic mass is 79.9. The van der Waals surface area contributed by atoms with Crippen molar-refractivity contribution in [1.29, 1.82) is 0 Å². The maximum absolute atomic E-state index is 12.0. The standard InChI is InChI=1S/C17H20BrN3O/c1-3-4-8-20-17(22)16-11-14(7-9-19-16)21-15-6-5-13(18)10-12(15)2/h5-7,9-11H,3-4,8H2,1-2H3,(H,19,21)(H,20,22). The number of aryl methyl sites for hydroxylation is 1. The number of halogens is 1. The zero-order valence-electron chi connectivity index (χ0n) is 12.8. The summed E-state index contributed by atoms with van der Waals surface area (Å²) in [5, 5.41) is 6.20. The van der Waals surface area contributed by atoms with Gasteiger partial charge in [0.1, 0.15) is 5.69 Å². The van der Waals surface area contributed by atoms with Crippen LogP contribution in [0.5, 0.6) is 0 Å². The van der Waals surface area contributed by atoms with Gasteiger partial charge in [-0.1, -0.05) is 29.3 Å². The largest absolute Gasteiger partial charge is 0.355 e. The number of carbonyl (C=O) groups is 1. The van der Waals surface area contributed by atoms with E-state index in [-0.39, 0.29) is 5.91 Å². The number of pyridine rings is 1. The van der Waals surface area contributed by atoms with Crippen molar-refractivity contribution in [1.82, 2.24) is 10.3 Å². The van der Waals surface area contributed by atoms with E-state index in [1.54, 1.807) is 12.3 Å². The first-order chi connectivity index (χ1) is 10.6. The van der Waals surface area contributed by atoms with Crippen molar-refractivity contribution in [2.24, 2.45) is 0 Å². The molecule has 4 nitrogen and oxygen atoms in total. The van der Waals surface area contributed by atoms with Crippen molar-refractivity contribution >= 4 is 33.2 Å². The van der Waals surface area contributed by atoms with E-state index >= 15 is 0 Å². The summed E-state index contributed by atoms with van der Waals surface area (Å²) < 4.78 is 1.04. The Labute approximate surface area is 139 Å².